The Kier molecular flexibility index (Phi) is 6.39. The minimum Gasteiger partial charge on any atom is -0.354 e. The first-order valence-electron chi connectivity index (χ1n) is 9.16. The van der Waals surface area contributed by atoms with Crippen molar-refractivity contribution in [3.8, 4) is 0 Å². The van der Waals surface area contributed by atoms with Crippen LogP contribution in [-0.2, 0) is 4.79 Å². The van der Waals surface area contributed by atoms with Crippen LogP contribution in [0.3, 0.4) is 0 Å². The van der Waals surface area contributed by atoms with Gasteiger partial charge in [0.2, 0.25) is 5.91 Å². The van der Waals surface area contributed by atoms with Crippen LogP contribution >= 0.6 is 11.3 Å². The van der Waals surface area contributed by atoms with Crippen molar-refractivity contribution < 1.29 is 14.0 Å². The number of benzene rings is 1. The summed E-state index contributed by atoms with van der Waals surface area (Å²) in [5.41, 5.74) is 0.578. The Morgan fingerprint density at radius 3 is 2.93 bits per heavy atom. The van der Waals surface area contributed by atoms with Gasteiger partial charge in [-0.1, -0.05) is 19.1 Å². The molecule has 1 aromatic carbocycles. The molecule has 0 saturated carbocycles. The van der Waals surface area contributed by atoms with Crippen molar-refractivity contribution in [2.75, 3.05) is 18.4 Å². The summed E-state index contributed by atoms with van der Waals surface area (Å²) in [7, 11) is 0. The van der Waals surface area contributed by atoms with E-state index in [1.807, 2.05) is 6.92 Å². The molecule has 1 atom stereocenters. The van der Waals surface area contributed by atoms with Gasteiger partial charge in [0.05, 0.1) is 5.69 Å². The Labute approximate surface area is 161 Å². The molecule has 1 unspecified atom stereocenters. The van der Waals surface area contributed by atoms with Gasteiger partial charge < -0.3 is 15.5 Å². The number of nitrogens with zero attached hydrogens (tertiary/aromatic N) is 2. The van der Waals surface area contributed by atoms with E-state index in [1.54, 1.807) is 28.5 Å². The smallest absolute Gasteiger partial charge is 0.274 e. The Balaban J connectivity index is 1.71. The molecule has 0 radical (unpaired) electrons. The standard InChI is InChI=1S/C19H23FN4O2S/c1-2-10-21-17(25)16-9-5-6-11-24(16)18(26)15-12-27-19(23-15)22-14-8-4-3-7-13(14)20/h3-4,7-8,12,16H,2,5-6,9-11H2,1H3,(H,21,25)(H,22,23). The SMILES string of the molecule is CCCNC(=O)C1CCCCN1C(=O)c1csc(Nc2ccccc2F)n1. The second-order valence-electron chi connectivity index (χ2n) is 6.44. The van der Waals surface area contributed by atoms with E-state index < -0.39 is 6.04 Å². The molecule has 0 spiro atoms. The van der Waals surface area contributed by atoms with E-state index in [4.69, 9.17) is 0 Å². The summed E-state index contributed by atoms with van der Waals surface area (Å²) in [5.74, 6) is -0.752. The molecule has 6 nitrogen and oxygen atoms in total. The van der Waals surface area contributed by atoms with Crippen molar-refractivity contribution >= 4 is 34.0 Å². The average molecular weight is 390 g/mol. The molecule has 1 fully saturated rings. The van der Waals surface area contributed by atoms with E-state index in [-0.39, 0.29) is 23.3 Å². The van der Waals surface area contributed by atoms with Crippen LogP contribution in [0.2, 0.25) is 0 Å². The fourth-order valence-corrected chi connectivity index (χ4v) is 3.76. The molecule has 0 bridgehead atoms. The first-order chi connectivity index (χ1) is 13.1. The zero-order chi connectivity index (χ0) is 19.2. The maximum atomic E-state index is 13.8. The molecular formula is C19H23FN4O2S. The third-order valence-corrected chi connectivity index (χ3v) is 5.21. The number of carbonyl (C=O) groups excluding carboxylic acids is 2. The van der Waals surface area contributed by atoms with E-state index in [0.717, 1.165) is 19.3 Å². The number of piperidine rings is 1. The number of rotatable bonds is 6. The zero-order valence-electron chi connectivity index (χ0n) is 15.2. The van der Waals surface area contributed by atoms with E-state index >= 15 is 0 Å². The quantitative estimate of drug-likeness (QED) is 0.791. The number of carbonyl (C=O) groups is 2. The molecule has 2 aromatic rings. The van der Waals surface area contributed by atoms with Crippen LogP contribution in [0.5, 0.6) is 0 Å². The van der Waals surface area contributed by atoms with Gasteiger partial charge in [-0.25, -0.2) is 9.37 Å². The Bertz CT molecular complexity index is 811. The molecule has 1 aromatic heterocycles. The lowest BCUT2D eigenvalue weighted by molar-refractivity contribution is -0.126. The molecule has 2 amide bonds. The van der Waals surface area contributed by atoms with Crippen LogP contribution in [0.4, 0.5) is 15.2 Å². The molecule has 144 valence electrons. The highest BCUT2D eigenvalue weighted by Crippen LogP contribution is 2.25. The van der Waals surface area contributed by atoms with Crippen molar-refractivity contribution in [3.63, 3.8) is 0 Å². The number of para-hydroxylation sites is 1. The third-order valence-electron chi connectivity index (χ3n) is 4.45. The Morgan fingerprint density at radius 1 is 1.33 bits per heavy atom. The highest BCUT2D eigenvalue weighted by Gasteiger charge is 2.33. The summed E-state index contributed by atoms with van der Waals surface area (Å²) in [4.78, 5) is 31.2. The zero-order valence-corrected chi connectivity index (χ0v) is 16.0. The normalized spacial score (nSPS) is 16.8. The van der Waals surface area contributed by atoms with Crippen LogP contribution in [0.15, 0.2) is 29.6 Å². The molecular weight excluding hydrogens is 367 g/mol. The number of likely N-dealkylation sites (tertiary alicyclic amines) is 1. The van der Waals surface area contributed by atoms with Crippen LogP contribution < -0.4 is 10.6 Å². The molecule has 2 heterocycles. The number of aromatic nitrogens is 1. The van der Waals surface area contributed by atoms with Gasteiger partial charge in [0, 0.05) is 18.5 Å². The summed E-state index contributed by atoms with van der Waals surface area (Å²) < 4.78 is 13.8. The molecule has 2 N–H and O–H groups in total. The first kappa shape index (κ1) is 19.3. The lowest BCUT2D eigenvalue weighted by Crippen LogP contribution is -2.52. The van der Waals surface area contributed by atoms with Gasteiger partial charge in [-0.2, -0.15) is 0 Å². The van der Waals surface area contributed by atoms with E-state index in [9.17, 15) is 14.0 Å². The molecule has 3 rings (SSSR count). The minimum atomic E-state index is -0.456. The number of amides is 2. The van der Waals surface area contributed by atoms with Crippen LogP contribution in [0.1, 0.15) is 43.1 Å². The fraction of sp³-hybridized carbons (Fsp3) is 0.421. The number of halogens is 1. The second-order valence-corrected chi connectivity index (χ2v) is 7.30. The predicted octanol–water partition coefficient (Wildman–Crippen LogP) is 3.55. The maximum absolute atomic E-state index is 13.8. The van der Waals surface area contributed by atoms with E-state index in [1.165, 1.54) is 17.4 Å². The Morgan fingerprint density at radius 2 is 2.15 bits per heavy atom. The van der Waals surface area contributed by atoms with Gasteiger partial charge >= 0.3 is 0 Å². The van der Waals surface area contributed by atoms with Crippen molar-refractivity contribution in [2.45, 2.75) is 38.6 Å². The van der Waals surface area contributed by atoms with Crippen molar-refractivity contribution in [1.82, 2.24) is 15.2 Å². The second kappa shape index (κ2) is 8.94. The van der Waals surface area contributed by atoms with E-state index in [2.05, 4.69) is 15.6 Å². The summed E-state index contributed by atoms with van der Waals surface area (Å²) in [6, 6.07) is 5.84. The molecule has 8 heteroatoms. The lowest BCUT2D eigenvalue weighted by atomic mass is 10.0. The molecule has 1 aliphatic rings. The minimum absolute atomic E-state index is 0.107. The lowest BCUT2D eigenvalue weighted by Gasteiger charge is -2.34. The maximum Gasteiger partial charge on any atom is 0.274 e. The summed E-state index contributed by atoms with van der Waals surface area (Å²) in [6.45, 7) is 3.13. The summed E-state index contributed by atoms with van der Waals surface area (Å²) in [6.07, 6.45) is 3.30. The number of hydrogen-bond acceptors (Lipinski definition) is 5. The van der Waals surface area contributed by atoms with Gasteiger partial charge in [-0.3, -0.25) is 9.59 Å². The fourth-order valence-electron chi connectivity index (χ4n) is 3.07. The highest BCUT2D eigenvalue weighted by molar-refractivity contribution is 7.14. The highest BCUT2D eigenvalue weighted by atomic mass is 32.1. The number of hydrogen-bond donors (Lipinski definition) is 2. The monoisotopic (exact) mass is 390 g/mol. The third kappa shape index (κ3) is 4.63. The van der Waals surface area contributed by atoms with Gasteiger partial charge in [0.15, 0.2) is 5.13 Å². The van der Waals surface area contributed by atoms with Gasteiger partial charge in [-0.05, 0) is 37.8 Å². The average Bonchev–Trinajstić information content (AvgIpc) is 3.16. The van der Waals surface area contributed by atoms with Gasteiger partial charge in [0.25, 0.3) is 5.91 Å². The van der Waals surface area contributed by atoms with Crippen molar-refractivity contribution in [2.24, 2.45) is 0 Å². The number of nitrogens with one attached hydrogen (secondary N) is 2. The molecule has 1 saturated heterocycles. The van der Waals surface area contributed by atoms with Crippen LogP contribution in [0, 0.1) is 5.82 Å². The van der Waals surface area contributed by atoms with Gasteiger partial charge in [-0.15, -0.1) is 11.3 Å². The summed E-state index contributed by atoms with van der Waals surface area (Å²) in [5, 5.41) is 7.85. The van der Waals surface area contributed by atoms with Crippen molar-refractivity contribution in [1.29, 1.82) is 0 Å². The summed E-state index contributed by atoms with van der Waals surface area (Å²) >= 11 is 1.23. The predicted molar refractivity (Wildman–Crippen MR) is 104 cm³/mol. The van der Waals surface area contributed by atoms with Crippen molar-refractivity contribution in [3.05, 3.63) is 41.2 Å². The Hall–Kier alpha value is -2.48. The molecule has 1 aliphatic heterocycles. The molecule has 27 heavy (non-hydrogen) atoms. The molecule has 0 aliphatic carbocycles. The number of anilines is 2. The number of thiazole rings is 1. The topological polar surface area (TPSA) is 74.3 Å². The van der Waals surface area contributed by atoms with Gasteiger partial charge in [0.1, 0.15) is 17.6 Å². The van der Waals surface area contributed by atoms with E-state index in [0.29, 0.717) is 30.3 Å². The largest absolute Gasteiger partial charge is 0.354 e. The van der Waals surface area contributed by atoms with Crippen LogP contribution in [0.25, 0.3) is 0 Å². The van der Waals surface area contributed by atoms with Crippen LogP contribution in [-0.4, -0.2) is 40.8 Å². The first-order valence-corrected chi connectivity index (χ1v) is 10.0.